The Morgan fingerprint density at radius 1 is 0.667 bits per heavy atom. The zero-order valence-corrected chi connectivity index (χ0v) is 39.9. The van der Waals surface area contributed by atoms with E-state index in [4.69, 9.17) is 47.4 Å². The maximum atomic E-state index is 15.1. The van der Waals surface area contributed by atoms with Crippen molar-refractivity contribution in [2.75, 3.05) is 34.2 Å². The van der Waals surface area contributed by atoms with Crippen LogP contribution in [0.25, 0.3) is 0 Å². The number of fused-ring (bicyclic) bond motifs is 3. The number of benzene rings is 6. The first-order valence-electron chi connectivity index (χ1n) is 24.0. The van der Waals surface area contributed by atoms with Crippen molar-refractivity contribution < 1.29 is 67.2 Å². The van der Waals surface area contributed by atoms with E-state index in [1.54, 1.807) is 12.1 Å². The number of amides is 1. The number of phenols is 1. The molecule has 72 heavy (non-hydrogen) atoms. The second-order valence-corrected chi connectivity index (χ2v) is 18.4. The van der Waals surface area contributed by atoms with E-state index < -0.39 is 72.3 Å². The van der Waals surface area contributed by atoms with E-state index in [0.717, 1.165) is 22.3 Å². The van der Waals surface area contributed by atoms with Crippen LogP contribution in [0.1, 0.15) is 57.3 Å². The van der Waals surface area contributed by atoms with Gasteiger partial charge in [-0.15, -0.1) is 0 Å². The van der Waals surface area contributed by atoms with E-state index >= 15 is 4.79 Å². The summed E-state index contributed by atoms with van der Waals surface area (Å²) in [5.74, 6) is -4.48. The van der Waals surface area contributed by atoms with Gasteiger partial charge in [-0.05, 0) is 63.2 Å². The zero-order chi connectivity index (χ0) is 49.6. The highest BCUT2D eigenvalue weighted by Crippen LogP contribution is 2.56. The third-order valence-electron chi connectivity index (χ3n) is 13.8. The minimum absolute atomic E-state index is 0.0224. The number of cyclic esters (lactones) is 1. The maximum absolute atomic E-state index is 15.1. The highest BCUT2D eigenvalue weighted by Gasteiger charge is 2.58. The van der Waals surface area contributed by atoms with Gasteiger partial charge in [0, 0.05) is 11.8 Å². The molecule has 2 saturated heterocycles. The van der Waals surface area contributed by atoms with Crippen LogP contribution in [0, 0.1) is 11.8 Å². The predicted molar refractivity (Wildman–Crippen MR) is 260 cm³/mol. The molecular weight excluding hydrogens is 923 g/mol. The molecule has 0 spiro atoms. The third kappa shape index (κ3) is 10.4. The van der Waals surface area contributed by atoms with Crippen molar-refractivity contribution in [3.8, 4) is 28.7 Å². The number of aliphatic hydroxyl groups is 1. The second-order valence-electron chi connectivity index (χ2n) is 18.4. The van der Waals surface area contributed by atoms with Gasteiger partial charge in [-0.3, -0.25) is 9.59 Å². The van der Waals surface area contributed by atoms with Gasteiger partial charge in [0.1, 0.15) is 24.4 Å². The van der Waals surface area contributed by atoms with E-state index in [2.05, 4.69) is 5.32 Å². The number of rotatable bonds is 19. The molecule has 6 aromatic rings. The van der Waals surface area contributed by atoms with Gasteiger partial charge in [0.25, 0.3) is 0 Å². The Morgan fingerprint density at radius 2 is 1.18 bits per heavy atom. The average molecular weight is 980 g/mol. The Morgan fingerprint density at radius 3 is 1.74 bits per heavy atom. The van der Waals surface area contributed by atoms with Crippen molar-refractivity contribution in [1.29, 1.82) is 0 Å². The number of ether oxygens (including phenoxy) is 10. The van der Waals surface area contributed by atoms with Crippen molar-refractivity contribution in [3.05, 3.63) is 185 Å². The number of hydrogen-bond donors (Lipinski definition) is 3. The molecule has 3 N–H and O–H groups in total. The molecule has 6 aromatic carbocycles. The van der Waals surface area contributed by atoms with Gasteiger partial charge in [0.05, 0.1) is 72.2 Å². The number of methoxy groups -OCH3 is 2. The number of aromatic hydroxyl groups is 1. The first kappa shape index (κ1) is 48.6. The summed E-state index contributed by atoms with van der Waals surface area (Å²) in [4.78, 5) is 29.1. The largest absolute Gasteiger partial charge is 0.502 e. The Balaban J connectivity index is 1.02. The van der Waals surface area contributed by atoms with Gasteiger partial charge in [0.15, 0.2) is 23.0 Å². The van der Waals surface area contributed by atoms with E-state index in [0.29, 0.717) is 28.2 Å². The number of esters is 1. The lowest BCUT2D eigenvalue weighted by Gasteiger charge is -2.50. The van der Waals surface area contributed by atoms with Crippen molar-refractivity contribution in [2.24, 2.45) is 11.8 Å². The van der Waals surface area contributed by atoms with E-state index in [1.807, 2.05) is 133 Å². The van der Waals surface area contributed by atoms with E-state index in [9.17, 15) is 15.0 Å². The monoisotopic (exact) mass is 979 g/mol. The summed E-state index contributed by atoms with van der Waals surface area (Å²) in [6.45, 7) is 0.472. The van der Waals surface area contributed by atoms with Gasteiger partial charge in [-0.25, -0.2) is 0 Å². The molecule has 0 unspecified atom stereocenters. The minimum atomic E-state index is -2.34. The van der Waals surface area contributed by atoms with Crippen LogP contribution in [0.4, 0.5) is 0 Å². The van der Waals surface area contributed by atoms with Crippen molar-refractivity contribution in [3.63, 3.8) is 0 Å². The van der Waals surface area contributed by atoms with Crippen LogP contribution in [0.3, 0.4) is 0 Å². The molecule has 15 heteroatoms. The molecule has 0 aromatic heterocycles. The molecule has 0 radical (unpaired) electrons. The van der Waals surface area contributed by atoms with Crippen LogP contribution >= 0.6 is 0 Å². The molecule has 2 fully saturated rings. The van der Waals surface area contributed by atoms with Crippen LogP contribution in [0.2, 0.25) is 0 Å². The summed E-state index contributed by atoms with van der Waals surface area (Å²) in [5.41, 5.74) is 5.41. The SMILES string of the molecule is COc1cc([C@@H]2c3cc4c(cc3[C@@H](NC(=O)C[C@]3(O)O[C@H](COCc5ccccc5)[C@H](OCc5ccccc5)[C@H](OCc5ccccc5)[C@H]3OCc3ccccc3)[C@H]3COC(=O)[C@H]23)OCO4)cc(OC)c1O. The Labute approximate surface area is 417 Å². The van der Waals surface area contributed by atoms with Gasteiger partial charge < -0.3 is 62.9 Å². The fourth-order valence-electron chi connectivity index (χ4n) is 10.4. The lowest BCUT2D eigenvalue weighted by molar-refractivity contribution is -0.369. The third-order valence-corrected chi connectivity index (χ3v) is 13.8. The van der Waals surface area contributed by atoms with Gasteiger partial charge in [0.2, 0.25) is 24.2 Å². The molecule has 4 aliphatic rings. The summed E-state index contributed by atoms with van der Waals surface area (Å²) in [6.07, 6.45) is -4.81. The second kappa shape index (κ2) is 21.8. The molecule has 0 saturated carbocycles. The number of nitrogens with one attached hydrogen (secondary N) is 1. The highest BCUT2D eigenvalue weighted by atomic mass is 16.7. The van der Waals surface area contributed by atoms with Crippen LogP contribution in [-0.2, 0) is 64.4 Å². The first-order chi connectivity index (χ1) is 35.2. The quantitative estimate of drug-likeness (QED) is 0.0673. The topological polar surface area (TPSA) is 179 Å². The smallest absolute Gasteiger partial charge is 0.310 e. The van der Waals surface area contributed by atoms with Crippen LogP contribution < -0.4 is 24.3 Å². The van der Waals surface area contributed by atoms with Crippen LogP contribution in [0.5, 0.6) is 28.7 Å². The summed E-state index contributed by atoms with van der Waals surface area (Å²) >= 11 is 0. The molecule has 1 aliphatic carbocycles. The van der Waals surface area contributed by atoms with E-state index in [1.165, 1.54) is 14.2 Å². The Bertz CT molecular complexity index is 2780. The predicted octanol–water partition coefficient (Wildman–Crippen LogP) is 7.68. The number of carbonyl (C=O) groups is 2. The summed E-state index contributed by atoms with van der Waals surface area (Å²) in [5, 5.41) is 27.4. The Hall–Kier alpha value is -6.98. The fraction of sp³-hybridized carbons (Fsp3) is 0.333. The molecule has 9 atom stereocenters. The summed E-state index contributed by atoms with van der Waals surface area (Å²) in [7, 11) is 2.86. The standard InChI is InChI=1S/C57H57NO14/c1-63-45-23-39(24-46(64-2)52(45)60)49-40-25-43-44(71-34-70-43)26-41(40)51(42-32-69-56(61)50(42)49)58-48(59)27-57(62)55(68-31-38-21-13-6-14-22-38)54(67-30-37-19-11-5-12-20-37)53(66-29-36-17-9-4-10-18-36)47(72-57)33-65-28-35-15-7-3-8-16-35/h3-26,42,47,49-51,53-55,60,62H,27-34H2,1-2H3,(H,58,59)/t42-,47+,49+,50-,51+,53-,54-,55+,57-/m0/s1. The fourth-order valence-corrected chi connectivity index (χ4v) is 10.4. The molecule has 0 bridgehead atoms. The maximum Gasteiger partial charge on any atom is 0.310 e. The van der Waals surface area contributed by atoms with Gasteiger partial charge >= 0.3 is 5.97 Å². The lowest BCUT2D eigenvalue weighted by atomic mass is 9.65. The molecule has 3 aliphatic heterocycles. The average Bonchev–Trinajstić information content (AvgIpc) is 4.04. The highest BCUT2D eigenvalue weighted by molar-refractivity contribution is 5.81. The van der Waals surface area contributed by atoms with Gasteiger partial charge in [-0.1, -0.05) is 121 Å². The molecule has 3 heterocycles. The Kier molecular flexibility index (Phi) is 14.7. The van der Waals surface area contributed by atoms with E-state index in [-0.39, 0.29) is 63.7 Å². The van der Waals surface area contributed by atoms with Crippen LogP contribution in [0.15, 0.2) is 146 Å². The normalized spacial score (nSPS) is 25.0. The summed E-state index contributed by atoms with van der Waals surface area (Å²) in [6, 6.07) is 44.7. The number of hydrogen-bond acceptors (Lipinski definition) is 14. The van der Waals surface area contributed by atoms with Crippen molar-refractivity contribution in [2.45, 2.75) is 75.0 Å². The molecule has 1 amide bonds. The van der Waals surface area contributed by atoms with Crippen LogP contribution in [-0.4, -0.2) is 86.5 Å². The lowest BCUT2D eigenvalue weighted by Crippen LogP contribution is -2.68. The minimum Gasteiger partial charge on any atom is -0.502 e. The molecule has 10 rings (SSSR count). The molecular formula is C57H57NO14. The number of carbonyl (C=O) groups excluding carboxylic acids is 2. The number of phenolic OH excluding ortho intramolecular Hbond substituents is 1. The molecule has 15 nitrogen and oxygen atoms in total. The first-order valence-corrected chi connectivity index (χ1v) is 24.0. The summed E-state index contributed by atoms with van der Waals surface area (Å²) < 4.78 is 62.2. The van der Waals surface area contributed by atoms with Gasteiger partial charge in [-0.2, -0.15) is 0 Å². The van der Waals surface area contributed by atoms with Crippen molar-refractivity contribution >= 4 is 11.9 Å². The zero-order valence-electron chi connectivity index (χ0n) is 39.9. The van der Waals surface area contributed by atoms with Crippen molar-refractivity contribution in [1.82, 2.24) is 5.32 Å². The molecule has 374 valence electrons.